The minimum Gasteiger partial charge on any atom is -0.549 e. The molecule has 5 heteroatoms. The van der Waals surface area contributed by atoms with Crippen LogP contribution in [0, 0.1) is 5.41 Å². The molecule has 0 saturated carbocycles. The Bertz CT molecular complexity index is 227. The minimum absolute atomic E-state index is 0. The fourth-order valence-electron chi connectivity index (χ4n) is 1.97. The van der Waals surface area contributed by atoms with E-state index in [0.717, 1.165) is 25.7 Å². The van der Waals surface area contributed by atoms with Gasteiger partial charge in [0.05, 0.1) is 11.9 Å². The van der Waals surface area contributed by atoms with Crippen LogP contribution in [0.15, 0.2) is 0 Å². The van der Waals surface area contributed by atoms with Crippen LogP contribution in [-0.4, -0.2) is 60.8 Å². The number of carbonyl (C=O) groups excluding carboxylic acids is 2. The minimum atomic E-state index is -1.79. The van der Waals surface area contributed by atoms with Crippen molar-refractivity contribution in [3.05, 3.63) is 0 Å². The number of carboxylic acids is 2. The van der Waals surface area contributed by atoms with Gasteiger partial charge in [0.25, 0.3) is 0 Å². The molecule has 0 aromatic carbocycles. The van der Waals surface area contributed by atoms with Gasteiger partial charge in [-0.25, -0.2) is 0 Å². The summed E-state index contributed by atoms with van der Waals surface area (Å²) >= 11 is 0. The largest absolute Gasteiger partial charge is 2.00 e. The molecule has 0 saturated heterocycles. The van der Waals surface area contributed by atoms with Crippen LogP contribution >= 0.6 is 0 Å². The molecule has 0 aliphatic heterocycles. The maximum atomic E-state index is 11.1. The third-order valence-electron chi connectivity index (χ3n) is 3.20. The first-order valence-corrected chi connectivity index (χ1v) is 6.44. The van der Waals surface area contributed by atoms with Gasteiger partial charge in [0.15, 0.2) is 0 Å². The third-order valence-corrected chi connectivity index (χ3v) is 3.20. The van der Waals surface area contributed by atoms with E-state index in [2.05, 4.69) is 0 Å². The van der Waals surface area contributed by atoms with Gasteiger partial charge in [0.1, 0.15) is 0 Å². The van der Waals surface area contributed by atoms with Gasteiger partial charge in [-0.3, -0.25) is 0 Å². The predicted octanol–water partition coefficient (Wildman–Crippen LogP) is 0.252. The van der Waals surface area contributed by atoms with Crippen molar-refractivity contribution in [3.8, 4) is 0 Å². The first-order chi connectivity index (χ1) is 8.01. The molecule has 18 heavy (non-hydrogen) atoms. The van der Waals surface area contributed by atoms with Gasteiger partial charge < -0.3 is 19.8 Å². The average Bonchev–Trinajstić information content (AvgIpc) is 2.26. The fourth-order valence-corrected chi connectivity index (χ4v) is 1.97. The first kappa shape index (κ1) is 20.8. The zero-order valence-corrected chi connectivity index (χ0v) is 15.9. The number of rotatable bonds is 10. The smallest absolute Gasteiger partial charge is 0.549 e. The molecule has 0 bridgehead atoms. The van der Waals surface area contributed by atoms with Gasteiger partial charge in [-0.15, -0.1) is 0 Å². The van der Waals surface area contributed by atoms with Crippen molar-refractivity contribution in [3.63, 3.8) is 0 Å². The van der Waals surface area contributed by atoms with Gasteiger partial charge in [0.2, 0.25) is 0 Å². The van der Waals surface area contributed by atoms with Gasteiger partial charge in [-0.2, -0.15) is 0 Å². The Kier molecular flexibility index (Phi) is 13.1. The number of carbonyl (C=O) groups is 2. The Morgan fingerprint density at radius 2 is 1.17 bits per heavy atom. The van der Waals surface area contributed by atoms with Crippen molar-refractivity contribution < 1.29 is 19.8 Å². The molecule has 0 aromatic rings. The molecule has 0 radical (unpaired) electrons. The van der Waals surface area contributed by atoms with Crippen LogP contribution < -0.4 is 10.2 Å². The van der Waals surface area contributed by atoms with Crippen LogP contribution in [0.25, 0.3) is 0 Å². The summed E-state index contributed by atoms with van der Waals surface area (Å²) < 4.78 is 0. The van der Waals surface area contributed by atoms with Crippen molar-refractivity contribution >= 4 is 60.8 Å². The van der Waals surface area contributed by atoms with Crippen molar-refractivity contribution in [2.24, 2.45) is 5.41 Å². The summed E-state index contributed by atoms with van der Waals surface area (Å²) in [4.78, 5) is 22.2. The topological polar surface area (TPSA) is 80.3 Å². The SMILES string of the molecule is CCCCCC(CCCCC)(C(=O)[O-])C(=O)[O-].[Ba+2]. The number of unbranched alkanes of at least 4 members (excludes halogenated alkanes) is 4. The predicted molar refractivity (Wildman–Crippen MR) is 66.5 cm³/mol. The molecule has 0 spiro atoms. The van der Waals surface area contributed by atoms with Crippen LogP contribution in [0.1, 0.15) is 65.2 Å². The van der Waals surface area contributed by atoms with E-state index >= 15 is 0 Å². The van der Waals surface area contributed by atoms with E-state index < -0.39 is 17.4 Å². The van der Waals surface area contributed by atoms with E-state index in [1.807, 2.05) is 13.8 Å². The quantitative estimate of drug-likeness (QED) is 0.310. The molecule has 0 aliphatic carbocycles. The number of hydrogen-bond acceptors (Lipinski definition) is 4. The summed E-state index contributed by atoms with van der Waals surface area (Å²) in [5.41, 5.74) is -1.79. The van der Waals surface area contributed by atoms with Crippen LogP contribution in [0.2, 0.25) is 0 Å². The fraction of sp³-hybridized carbons (Fsp3) is 0.846. The second-order valence-corrected chi connectivity index (χ2v) is 4.57. The Balaban J connectivity index is 0. The van der Waals surface area contributed by atoms with Gasteiger partial charge >= 0.3 is 48.9 Å². The maximum absolute atomic E-state index is 11.1. The molecule has 0 amide bonds. The molecular weight excluding hydrogens is 357 g/mol. The summed E-state index contributed by atoms with van der Waals surface area (Å²) in [7, 11) is 0. The van der Waals surface area contributed by atoms with Crippen LogP contribution in [-0.2, 0) is 9.59 Å². The van der Waals surface area contributed by atoms with E-state index in [9.17, 15) is 19.8 Å². The molecule has 0 fully saturated rings. The number of aliphatic carboxylic acids is 2. The van der Waals surface area contributed by atoms with Gasteiger partial charge in [-0.1, -0.05) is 52.4 Å². The van der Waals surface area contributed by atoms with Crippen molar-refractivity contribution in [1.82, 2.24) is 0 Å². The average molecular weight is 380 g/mol. The van der Waals surface area contributed by atoms with E-state index in [0.29, 0.717) is 12.8 Å². The van der Waals surface area contributed by atoms with Gasteiger partial charge in [-0.05, 0) is 12.8 Å². The molecule has 0 atom stereocenters. The molecule has 100 valence electrons. The van der Waals surface area contributed by atoms with E-state index in [-0.39, 0.29) is 61.7 Å². The summed E-state index contributed by atoms with van der Waals surface area (Å²) in [6.07, 6.45) is 4.92. The summed E-state index contributed by atoms with van der Waals surface area (Å²) in [6.45, 7) is 3.97. The van der Waals surface area contributed by atoms with Crippen molar-refractivity contribution in [2.75, 3.05) is 0 Å². The Morgan fingerprint density at radius 1 is 0.833 bits per heavy atom. The molecule has 0 N–H and O–H groups in total. The Labute approximate surface area is 150 Å². The van der Waals surface area contributed by atoms with Crippen molar-refractivity contribution in [2.45, 2.75) is 65.2 Å². The van der Waals surface area contributed by atoms with Crippen LogP contribution in [0.4, 0.5) is 0 Å². The third kappa shape index (κ3) is 6.61. The summed E-state index contributed by atoms with van der Waals surface area (Å²) in [5.74, 6) is -2.99. The molecule has 0 heterocycles. The van der Waals surface area contributed by atoms with Crippen LogP contribution in [0.3, 0.4) is 0 Å². The van der Waals surface area contributed by atoms with Gasteiger partial charge in [0, 0.05) is 5.41 Å². The number of hydrogen-bond donors (Lipinski definition) is 0. The molecule has 4 nitrogen and oxygen atoms in total. The molecular formula is C13H22BaO4. The number of carboxylic acid groups (broad SMARTS) is 2. The monoisotopic (exact) mass is 380 g/mol. The maximum Gasteiger partial charge on any atom is 2.00 e. The summed E-state index contributed by atoms with van der Waals surface area (Å²) in [5, 5.41) is 22.2. The second-order valence-electron chi connectivity index (χ2n) is 4.57. The Morgan fingerprint density at radius 3 is 1.39 bits per heavy atom. The Hall–Kier alpha value is 0.511. The van der Waals surface area contributed by atoms with Crippen molar-refractivity contribution in [1.29, 1.82) is 0 Å². The summed E-state index contributed by atoms with van der Waals surface area (Å²) in [6, 6.07) is 0. The zero-order valence-electron chi connectivity index (χ0n) is 11.5. The molecule has 0 aromatic heterocycles. The standard InChI is InChI=1S/C13H24O4.Ba/c1-3-5-7-9-13(11(14)15,12(16)17)10-8-6-4-2;/h3-10H2,1-2H3,(H,14,15)(H,16,17);/q;+2/p-2. The normalized spacial score (nSPS) is 10.8. The first-order valence-electron chi connectivity index (χ1n) is 6.44. The van der Waals surface area contributed by atoms with Crippen LogP contribution in [0.5, 0.6) is 0 Å². The molecule has 0 unspecified atom stereocenters. The second kappa shape index (κ2) is 11.3. The molecule has 0 aliphatic rings. The van der Waals surface area contributed by atoms with E-state index in [1.165, 1.54) is 0 Å². The zero-order chi connectivity index (χ0) is 13.3. The van der Waals surface area contributed by atoms with E-state index in [4.69, 9.17) is 0 Å². The van der Waals surface area contributed by atoms with E-state index in [1.54, 1.807) is 0 Å². The molecule has 0 rings (SSSR count).